The molecule has 5 aromatic rings. The maximum Gasteiger partial charge on any atom is 0.260 e. The Morgan fingerprint density at radius 3 is 1.96 bits per heavy atom. The Balaban J connectivity index is 1.09. The molecule has 2 fully saturated rings. The number of ether oxygens (including phenoxy) is 3. The first kappa shape index (κ1) is 34.9. The van der Waals surface area contributed by atoms with E-state index in [2.05, 4.69) is 81.2 Å². The van der Waals surface area contributed by atoms with Crippen molar-refractivity contribution in [1.29, 1.82) is 5.26 Å². The maximum atomic E-state index is 9.44. The molecule has 0 N–H and O–H groups in total. The quantitative estimate of drug-likeness (QED) is 0.127. The second kappa shape index (κ2) is 17.6. The minimum Gasteiger partial charge on any atom is -0.482 e. The van der Waals surface area contributed by atoms with Crippen molar-refractivity contribution in [2.75, 3.05) is 45.9 Å². The van der Waals surface area contributed by atoms with Crippen molar-refractivity contribution in [3.8, 4) is 29.5 Å². The molecule has 7 rings (SSSR count). The fraction of sp³-hybridized carbons (Fsp3) is 0.295. The Bertz CT molecular complexity index is 1970. The molecule has 4 aromatic carbocycles. The normalized spacial score (nSPS) is 15.4. The molecule has 0 saturated carbocycles. The van der Waals surface area contributed by atoms with E-state index in [0.29, 0.717) is 31.3 Å². The molecule has 0 amide bonds. The van der Waals surface area contributed by atoms with Gasteiger partial charge in [0.15, 0.2) is 0 Å². The lowest BCUT2D eigenvalue weighted by Gasteiger charge is -2.38. The highest BCUT2D eigenvalue weighted by atomic mass is 16.5. The van der Waals surface area contributed by atoms with Crippen molar-refractivity contribution in [2.45, 2.75) is 32.1 Å². The van der Waals surface area contributed by atoms with Crippen LogP contribution in [0.5, 0.6) is 11.6 Å². The zero-order valence-electron chi connectivity index (χ0n) is 29.4. The highest BCUT2D eigenvalue weighted by Gasteiger charge is 2.30. The van der Waals surface area contributed by atoms with E-state index in [1.54, 1.807) is 6.33 Å². The van der Waals surface area contributed by atoms with Gasteiger partial charge in [-0.2, -0.15) is 10.2 Å². The third-order valence-corrected chi connectivity index (χ3v) is 9.54. The molecule has 0 spiro atoms. The van der Waals surface area contributed by atoms with E-state index >= 15 is 0 Å². The van der Waals surface area contributed by atoms with Crippen LogP contribution in [0.4, 0.5) is 0 Å². The number of nitrogens with zero attached hydrogens (tertiary/aromatic N) is 5. The first-order valence-electron chi connectivity index (χ1n) is 18.0. The van der Waals surface area contributed by atoms with Crippen LogP contribution in [0.25, 0.3) is 0 Å². The van der Waals surface area contributed by atoms with Crippen LogP contribution in [-0.2, 0) is 30.9 Å². The van der Waals surface area contributed by atoms with Crippen LogP contribution in [0.15, 0.2) is 116 Å². The average molecular weight is 690 g/mol. The van der Waals surface area contributed by atoms with E-state index in [9.17, 15) is 5.26 Å². The molecule has 8 heteroatoms. The summed E-state index contributed by atoms with van der Waals surface area (Å²) in [6, 6.07) is 39.6. The maximum absolute atomic E-state index is 9.44. The predicted octanol–water partition coefficient (Wildman–Crippen LogP) is 6.65. The van der Waals surface area contributed by atoms with E-state index in [1.807, 2.05) is 60.7 Å². The van der Waals surface area contributed by atoms with E-state index in [1.165, 1.54) is 11.1 Å². The molecule has 2 aliphatic rings. The lowest BCUT2D eigenvalue weighted by molar-refractivity contribution is 0.0342. The van der Waals surface area contributed by atoms with Crippen LogP contribution in [0.1, 0.15) is 45.0 Å². The molecule has 52 heavy (non-hydrogen) atoms. The molecule has 2 aliphatic heterocycles. The van der Waals surface area contributed by atoms with Crippen molar-refractivity contribution in [3.05, 3.63) is 155 Å². The summed E-state index contributed by atoms with van der Waals surface area (Å²) in [7, 11) is 0. The van der Waals surface area contributed by atoms with Crippen molar-refractivity contribution in [2.24, 2.45) is 5.92 Å². The molecule has 1 atom stereocenters. The van der Waals surface area contributed by atoms with Crippen LogP contribution in [0.2, 0.25) is 0 Å². The number of benzene rings is 4. The Morgan fingerprint density at radius 1 is 0.712 bits per heavy atom. The fourth-order valence-corrected chi connectivity index (χ4v) is 6.57. The first-order valence-corrected chi connectivity index (χ1v) is 18.0. The number of morpholine rings is 1. The van der Waals surface area contributed by atoms with E-state index < -0.39 is 0 Å². The summed E-state index contributed by atoms with van der Waals surface area (Å²) in [5.41, 5.74) is 7.30. The number of likely N-dealkylation sites (tertiary alicyclic amines) is 1. The summed E-state index contributed by atoms with van der Waals surface area (Å²) in [6.07, 6.45) is 2.18. The van der Waals surface area contributed by atoms with Crippen LogP contribution < -0.4 is 9.47 Å². The zero-order chi connectivity index (χ0) is 35.4. The SMILES string of the molecule is N#CC1CN(C[C@@H](Cc2ncnc(OCc3ccccc3)c2OCc2ccccc2)c2ccc(C#Cc3ccc(CN4CCOCC4)cc3)cc2)C1. The van der Waals surface area contributed by atoms with Gasteiger partial charge in [-0.25, -0.2) is 4.98 Å². The summed E-state index contributed by atoms with van der Waals surface area (Å²) in [4.78, 5) is 14.0. The molecule has 0 bridgehead atoms. The number of aromatic nitrogens is 2. The molecule has 0 aliphatic carbocycles. The molecule has 1 aromatic heterocycles. The summed E-state index contributed by atoms with van der Waals surface area (Å²) >= 11 is 0. The van der Waals surface area contributed by atoms with Crippen molar-refractivity contribution >= 4 is 0 Å². The number of rotatable bonds is 13. The average Bonchev–Trinajstić information content (AvgIpc) is 3.18. The number of hydrogen-bond acceptors (Lipinski definition) is 8. The minimum atomic E-state index is 0.0774. The largest absolute Gasteiger partial charge is 0.482 e. The third-order valence-electron chi connectivity index (χ3n) is 9.54. The van der Waals surface area contributed by atoms with Gasteiger partial charge in [0.25, 0.3) is 5.88 Å². The van der Waals surface area contributed by atoms with Gasteiger partial charge in [0.1, 0.15) is 19.5 Å². The summed E-state index contributed by atoms with van der Waals surface area (Å²) in [5.74, 6) is 7.85. The topological polar surface area (TPSA) is 83.7 Å². The second-order valence-corrected chi connectivity index (χ2v) is 13.4. The Labute approximate surface area is 306 Å². The van der Waals surface area contributed by atoms with Crippen LogP contribution in [-0.4, -0.2) is 65.7 Å². The van der Waals surface area contributed by atoms with Gasteiger partial charge in [0.05, 0.1) is 30.9 Å². The molecule has 262 valence electrons. The van der Waals surface area contributed by atoms with Gasteiger partial charge in [-0.1, -0.05) is 96.8 Å². The van der Waals surface area contributed by atoms with Crippen molar-refractivity contribution in [3.63, 3.8) is 0 Å². The Hall–Kier alpha value is -5.51. The highest BCUT2D eigenvalue weighted by molar-refractivity contribution is 5.45. The first-order chi connectivity index (χ1) is 25.7. The summed E-state index contributed by atoms with van der Waals surface area (Å²) < 4.78 is 18.2. The van der Waals surface area contributed by atoms with Gasteiger partial charge in [-0.3, -0.25) is 4.90 Å². The predicted molar refractivity (Wildman–Crippen MR) is 201 cm³/mol. The zero-order valence-corrected chi connectivity index (χ0v) is 29.4. The molecule has 3 heterocycles. The monoisotopic (exact) mass is 689 g/mol. The molecule has 0 unspecified atom stereocenters. The molecular weight excluding hydrogens is 647 g/mol. The number of hydrogen-bond donors (Lipinski definition) is 0. The van der Waals surface area contributed by atoms with Crippen LogP contribution >= 0.6 is 0 Å². The van der Waals surface area contributed by atoms with Crippen molar-refractivity contribution in [1.82, 2.24) is 19.8 Å². The molecule has 2 saturated heterocycles. The summed E-state index contributed by atoms with van der Waals surface area (Å²) in [5, 5.41) is 9.44. The number of nitriles is 1. The fourth-order valence-electron chi connectivity index (χ4n) is 6.57. The van der Waals surface area contributed by atoms with E-state index in [4.69, 9.17) is 19.2 Å². The molecule has 8 nitrogen and oxygen atoms in total. The van der Waals surface area contributed by atoms with Crippen molar-refractivity contribution < 1.29 is 14.2 Å². The smallest absolute Gasteiger partial charge is 0.260 e. The standard InChI is InChI=1S/C44H43N5O3/c45-26-39-28-49(29-39)30-41(40-19-17-35(18-20-40)12-11-34-13-15-36(16-14-34)27-48-21-23-50-24-22-48)25-42-43(51-31-37-7-3-1-4-8-37)44(47-33-46-42)52-32-38-9-5-2-6-10-38/h1-10,13-20,33,39,41H,21-25,27-32H2/t41-/m1/s1. The second-order valence-electron chi connectivity index (χ2n) is 13.4. The molecular formula is C44H43N5O3. The van der Waals surface area contributed by atoms with Crippen LogP contribution in [0, 0.1) is 29.1 Å². The Kier molecular flexibility index (Phi) is 11.8. The van der Waals surface area contributed by atoms with Gasteiger partial charge >= 0.3 is 0 Å². The van der Waals surface area contributed by atoms with Gasteiger partial charge in [-0.05, 0) is 46.5 Å². The van der Waals surface area contributed by atoms with E-state index in [0.717, 1.165) is 80.4 Å². The van der Waals surface area contributed by atoms with Gasteiger partial charge in [0, 0.05) is 62.7 Å². The highest BCUT2D eigenvalue weighted by Crippen LogP contribution is 2.34. The Morgan fingerprint density at radius 2 is 1.33 bits per heavy atom. The lowest BCUT2D eigenvalue weighted by atomic mass is 9.90. The third kappa shape index (κ3) is 9.63. The van der Waals surface area contributed by atoms with Crippen LogP contribution in [0.3, 0.4) is 0 Å². The van der Waals surface area contributed by atoms with Gasteiger partial charge < -0.3 is 19.1 Å². The minimum absolute atomic E-state index is 0.0774. The van der Waals surface area contributed by atoms with E-state index in [-0.39, 0.29) is 11.8 Å². The lowest BCUT2D eigenvalue weighted by Crippen LogP contribution is -2.47. The van der Waals surface area contributed by atoms with Gasteiger partial charge in [0.2, 0.25) is 5.75 Å². The molecule has 0 radical (unpaired) electrons. The summed E-state index contributed by atoms with van der Waals surface area (Å²) in [6.45, 7) is 7.57. The van der Waals surface area contributed by atoms with Gasteiger partial charge in [-0.15, -0.1) is 0 Å².